The molecule has 0 saturated heterocycles. The van der Waals surface area contributed by atoms with Crippen molar-refractivity contribution in [3.05, 3.63) is 190 Å². The number of rotatable bonds is 7. The van der Waals surface area contributed by atoms with Gasteiger partial charge in [0.25, 0.3) is 0 Å². The Hall–Kier alpha value is -4.90. The normalized spacial score (nSPS) is 25.7. The third kappa shape index (κ3) is 4.50. The van der Waals surface area contributed by atoms with E-state index in [4.69, 9.17) is 9.97 Å². The zero-order valence-electron chi connectivity index (χ0n) is 31.5. The third-order valence-electron chi connectivity index (χ3n) is 14.8. The zero-order chi connectivity index (χ0) is 37.0. The van der Waals surface area contributed by atoms with Crippen molar-refractivity contribution in [3.8, 4) is 11.4 Å². The van der Waals surface area contributed by atoms with Crippen LogP contribution in [0.1, 0.15) is 109 Å². The molecular formula is C50H48N2O2. The molecule has 2 heterocycles. The smallest absolute Gasteiger partial charge is 0.123 e. The average Bonchev–Trinajstić information content (AvgIpc) is 3.22. The maximum atomic E-state index is 13.3. The van der Waals surface area contributed by atoms with E-state index in [2.05, 4.69) is 100 Å². The maximum Gasteiger partial charge on any atom is 0.123 e. The molecule has 6 aliphatic rings. The molecule has 0 aliphatic heterocycles. The lowest BCUT2D eigenvalue weighted by molar-refractivity contribution is -0.0808. The molecule has 6 aromatic rings. The van der Waals surface area contributed by atoms with Gasteiger partial charge in [0.15, 0.2) is 0 Å². The number of pyridine rings is 2. The van der Waals surface area contributed by atoms with Gasteiger partial charge in [-0.25, -0.2) is 0 Å². The summed E-state index contributed by atoms with van der Waals surface area (Å²) in [6.45, 7) is 9.46. The molecule has 2 saturated carbocycles. The van der Waals surface area contributed by atoms with Crippen LogP contribution in [-0.4, -0.2) is 20.2 Å². The van der Waals surface area contributed by atoms with Crippen molar-refractivity contribution >= 4 is 0 Å². The summed E-state index contributed by atoms with van der Waals surface area (Å²) in [6, 6.07) is 49.6. The first kappa shape index (κ1) is 33.7. The summed E-state index contributed by atoms with van der Waals surface area (Å²) >= 11 is 0. The minimum absolute atomic E-state index is 0.0167. The van der Waals surface area contributed by atoms with Crippen LogP contribution in [0.2, 0.25) is 0 Å². The number of benzene rings is 4. The molecule has 4 aromatic carbocycles. The summed E-state index contributed by atoms with van der Waals surface area (Å²) in [5, 5.41) is 26.6. The van der Waals surface area contributed by atoms with E-state index < -0.39 is 11.2 Å². The molecule has 6 atom stereocenters. The first-order chi connectivity index (χ1) is 26.1. The Morgan fingerprint density at radius 2 is 0.741 bits per heavy atom. The Bertz CT molecular complexity index is 2110. The molecule has 4 heteroatoms. The molecule has 2 fully saturated rings. The summed E-state index contributed by atoms with van der Waals surface area (Å²) in [5.41, 5.74) is 7.08. The summed E-state index contributed by atoms with van der Waals surface area (Å²) in [7, 11) is 0. The van der Waals surface area contributed by atoms with E-state index >= 15 is 0 Å². The van der Waals surface area contributed by atoms with E-state index in [1.165, 1.54) is 11.1 Å². The number of aliphatic hydroxyl groups is 2. The molecule has 12 rings (SSSR count). The molecular weight excluding hydrogens is 661 g/mol. The Kier molecular flexibility index (Phi) is 7.35. The average molecular weight is 709 g/mol. The van der Waals surface area contributed by atoms with Crippen molar-refractivity contribution in [2.45, 2.75) is 75.4 Å². The lowest BCUT2D eigenvalue weighted by atomic mass is 9.42. The number of hydrogen-bond donors (Lipinski definition) is 2. The van der Waals surface area contributed by atoms with Crippen molar-refractivity contribution in [2.75, 3.05) is 0 Å². The van der Waals surface area contributed by atoms with Gasteiger partial charge in [-0.15, -0.1) is 0 Å². The molecule has 4 bridgehead atoms. The van der Waals surface area contributed by atoms with Crippen LogP contribution in [0.3, 0.4) is 0 Å². The van der Waals surface area contributed by atoms with Crippen molar-refractivity contribution in [1.29, 1.82) is 0 Å². The molecule has 0 spiro atoms. The quantitative estimate of drug-likeness (QED) is 0.173. The Morgan fingerprint density at radius 3 is 1.02 bits per heavy atom. The highest BCUT2D eigenvalue weighted by Crippen LogP contribution is 2.71. The largest absolute Gasteiger partial charge is 0.380 e. The van der Waals surface area contributed by atoms with Crippen LogP contribution in [0.5, 0.6) is 0 Å². The van der Waals surface area contributed by atoms with E-state index in [1.807, 2.05) is 72.8 Å². The molecule has 0 amide bonds. The van der Waals surface area contributed by atoms with E-state index in [0.29, 0.717) is 11.8 Å². The molecule has 6 aliphatic carbocycles. The van der Waals surface area contributed by atoms with Crippen LogP contribution in [0.15, 0.2) is 146 Å². The highest BCUT2D eigenvalue weighted by Gasteiger charge is 2.64. The van der Waals surface area contributed by atoms with Crippen molar-refractivity contribution < 1.29 is 10.2 Å². The van der Waals surface area contributed by atoms with Crippen LogP contribution < -0.4 is 0 Å². The molecule has 2 unspecified atom stereocenters. The minimum Gasteiger partial charge on any atom is -0.380 e. The van der Waals surface area contributed by atoms with Gasteiger partial charge in [0, 0.05) is 11.8 Å². The van der Waals surface area contributed by atoms with Gasteiger partial charge in [-0.3, -0.25) is 9.97 Å². The fourth-order valence-electron chi connectivity index (χ4n) is 11.6. The lowest BCUT2D eigenvalue weighted by Gasteiger charge is -2.63. The van der Waals surface area contributed by atoms with Crippen molar-refractivity contribution in [1.82, 2.24) is 9.97 Å². The van der Waals surface area contributed by atoms with Gasteiger partial charge in [0.1, 0.15) is 11.2 Å². The first-order valence-electron chi connectivity index (χ1n) is 19.7. The third-order valence-corrected chi connectivity index (χ3v) is 14.8. The fraction of sp³-hybridized carbons (Fsp3) is 0.320. The second-order valence-corrected chi connectivity index (χ2v) is 17.7. The molecule has 0 radical (unpaired) electrons. The summed E-state index contributed by atoms with van der Waals surface area (Å²) in [6.07, 6.45) is 2.06. The fourth-order valence-corrected chi connectivity index (χ4v) is 11.6. The SMILES string of the molecule is CC1(C)C2C[C@H]1c1ccc(-c3ccc4c(n3)[C@H](C(O)(c3ccccc3)c3ccccc3)C3C[C@@H]4C3(C)C)nc1[C@@H]2C(O)(c1ccccc1)c1ccccc1. The molecule has 2 aromatic heterocycles. The molecule has 54 heavy (non-hydrogen) atoms. The molecule has 4 nitrogen and oxygen atoms in total. The minimum atomic E-state index is -1.28. The summed E-state index contributed by atoms with van der Waals surface area (Å²) in [5.74, 6) is 0.742. The highest BCUT2D eigenvalue weighted by molar-refractivity contribution is 5.61. The second-order valence-electron chi connectivity index (χ2n) is 17.7. The second kappa shape index (κ2) is 11.8. The molecule has 270 valence electrons. The topological polar surface area (TPSA) is 66.2 Å². The number of aromatic nitrogens is 2. The Balaban J connectivity index is 1.15. The van der Waals surface area contributed by atoms with Crippen molar-refractivity contribution in [2.24, 2.45) is 22.7 Å². The van der Waals surface area contributed by atoms with Crippen LogP contribution in [0.4, 0.5) is 0 Å². The highest BCUT2D eigenvalue weighted by atomic mass is 16.3. The number of nitrogens with zero attached hydrogens (tertiary/aromatic N) is 2. The van der Waals surface area contributed by atoms with E-state index in [0.717, 1.165) is 57.9 Å². The van der Waals surface area contributed by atoms with Crippen LogP contribution in [0, 0.1) is 22.7 Å². The Labute approximate surface area is 319 Å². The van der Waals surface area contributed by atoms with E-state index in [1.54, 1.807) is 0 Å². The maximum absolute atomic E-state index is 13.3. The van der Waals surface area contributed by atoms with Crippen LogP contribution >= 0.6 is 0 Å². The van der Waals surface area contributed by atoms with Gasteiger partial charge >= 0.3 is 0 Å². The lowest BCUT2D eigenvalue weighted by Crippen LogP contribution is -2.56. The van der Waals surface area contributed by atoms with Gasteiger partial charge in [0.2, 0.25) is 0 Å². The molecule has 2 N–H and O–H groups in total. The number of hydrogen-bond acceptors (Lipinski definition) is 4. The summed E-state index contributed by atoms with van der Waals surface area (Å²) < 4.78 is 0. The van der Waals surface area contributed by atoms with Gasteiger partial charge in [-0.05, 0) is 92.9 Å². The van der Waals surface area contributed by atoms with Gasteiger partial charge < -0.3 is 10.2 Å². The predicted molar refractivity (Wildman–Crippen MR) is 214 cm³/mol. The standard InChI is InChI=1S/C50H48N2O2/c1-47(2)37-29-39(47)43(49(53,31-17-9-5-10-18-31)32-19-11-6-12-20-32)45-35(37)25-27-41(51-45)42-28-26-36-38-30-40(48(38,3)4)44(46(36)52-42)50(54,33-21-13-7-14-22-33)34-23-15-8-16-24-34/h5-28,37-40,43-44,53-54H,29-30H2,1-4H3/t37-,38-,39?,40?,43+,44+/m0/s1. The Morgan fingerprint density at radius 1 is 0.444 bits per heavy atom. The van der Waals surface area contributed by atoms with E-state index in [9.17, 15) is 10.2 Å². The van der Waals surface area contributed by atoms with Gasteiger partial charge in [-0.1, -0.05) is 161 Å². The van der Waals surface area contributed by atoms with Crippen molar-refractivity contribution in [3.63, 3.8) is 0 Å². The summed E-state index contributed by atoms with van der Waals surface area (Å²) in [4.78, 5) is 11.1. The van der Waals surface area contributed by atoms with Gasteiger partial charge in [0.05, 0.1) is 22.8 Å². The predicted octanol–water partition coefficient (Wildman–Crippen LogP) is 10.5. The zero-order valence-corrected chi connectivity index (χ0v) is 31.5. The van der Waals surface area contributed by atoms with E-state index in [-0.39, 0.29) is 34.5 Å². The van der Waals surface area contributed by atoms with Gasteiger partial charge in [-0.2, -0.15) is 0 Å². The first-order valence-corrected chi connectivity index (χ1v) is 19.7. The van der Waals surface area contributed by atoms with Crippen LogP contribution in [-0.2, 0) is 11.2 Å². The monoisotopic (exact) mass is 708 g/mol. The van der Waals surface area contributed by atoms with Crippen LogP contribution in [0.25, 0.3) is 11.4 Å².